The Kier molecular flexibility index (Phi) is 7.91. The predicted molar refractivity (Wildman–Crippen MR) is 115 cm³/mol. The van der Waals surface area contributed by atoms with E-state index in [4.69, 9.17) is 4.74 Å². The van der Waals surface area contributed by atoms with Gasteiger partial charge in [0.15, 0.2) is 11.6 Å². The van der Waals surface area contributed by atoms with Crippen LogP contribution >= 0.6 is 0 Å². The number of likely N-dealkylation sites (N-methyl/N-ethyl adjacent to an activating group) is 1. The molecule has 1 heterocycles. The highest BCUT2D eigenvalue weighted by Crippen LogP contribution is 2.19. The molecule has 0 bridgehead atoms. The van der Waals surface area contributed by atoms with Crippen LogP contribution in [0.3, 0.4) is 0 Å². The molecular weight excluding hydrogens is 406 g/mol. The standard InChI is InChI=1S/C22H26F2N4O3/c1-2-27(15-22(30)26-17-5-8-19(23)20(24)13-17)14-21(29)25-16-3-6-18(7-4-16)28-9-11-31-12-10-28/h3-8,13H,2,9-12,14-15H2,1H3,(H,25,29)(H,26,30). The molecule has 1 fully saturated rings. The summed E-state index contributed by atoms with van der Waals surface area (Å²) in [6.07, 6.45) is 0. The quantitative estimate of drug-likeness (QED) is 0.671. The van der Waals surface area contributed by atoms with E-state index in [2.05, 4.69) is 15.5 Å². The van der Waals surface area contributed by atoms with Gasteiger partial charge in [0.2, 0.25) is 11.8 Å². The first kappa shape index (κ1) is 22.6. The summed E-state index contributed by atoms with van der Waals surface area (Å²) in [4.78, 5) is 28.4. The summed E-state index contributed by atoms with van der Waals surface area (Å²) in [5, 5.41) is 5.33. The zero-order valence-corrected chi connectivity index (χ0v) is 17.4. The van der Waals surface area contributed by atoms with Crippen LogP contribution in [0.4, 0.5) is 25.8 Å². The van der Waals surface area contributed by atoms with E-state index in [0.29, 0.717) is 25.4 Å². The number of carbonyl (C=O) groups is 2. The van der Waals surface area contributed by atoms with Crippen LogP contribution in [0.15, 0.2) is 42.5 Å². The van der Waals surface area contributed by atoms with Gasteiger partial charge >= 0.3 is 0 Å². The fraction of sp³-hybridized carbons (Fsp3) is 0.364. The molecule has 2 aromatic rings. The van der Waals surface area contributed by atoms with Gasteiger partial charge in [-0.2, -0.15) is 0 Å². The summed E-state index contributed by atoms with van der Waals surface area (Å²) in [6.45, 7) is 5.34. The molecule has 1 aliphatic heterocycles. The Morgan fingerprint density at radius 3 is 2.10 bits per heavy atom. The van der Waals surface area contributed by atoms with Crippen molar-refractivity contribution in [3.8, 4) is 0 Å². The number of carbonyl (C=O) groups excluding carboxylic acids is 2. The summed E-state index contributed by atoms with van der Waals surface area (Å²) >= 11 is 0. The van der Waals surface area contributed by atoms with E-state index in [0.717, 1.165) is 30.9 Å². The van der Waals surface area contributed by atoms with Crippen molar-refractivity contribution < 1.29 is 23.1 Å². The SMILES string of the molecule is CCN(CC(=O)Nc1ccc(N2CCOCC2)cc1)CC(=O)Nc1ccc(F)c(F)c1. The molecule has 0 unspecified atom stereocenters. The number of amides is 2. The Bertz CT molecular complexity index is 902. The molecule has 2 N–H and O–H groups in total. The van der Waals surface area contributed by atoms with Crippen LogP contribution in [0.2, 0.25) is 0 Å². The normalized spacial score (nSPS) is 13.9. The minimum absolute atomic E-state index is 0.0207. The number of hydrogen-bond donors (Lipinski definition) is 2. The maximum Gasteiger partial charge on any atom is 0.238 e. The lowest BCUT2D eigenvalue weighted by molar-refractivity contribution is -0.119. The Morgan fingerprint density at radius 2 is 1.52 bits per heavy atom. The number of morpholine rings is 1. The molecule has 0 spiro atoms. The van der Waals surface area contributed by atoms with E-state index in [-0.39, 0.29) is 24.7 Å². The molecule has 0 aliphatic carbocycles. The van der Waals surface area contributed by atoms with Crippen LogP contribution in [0.1, 0.15) is 6.92 Å². The number of halogens is 2. The van der Waals surface area contributed by atoms with Crippen LogP contribution in [-0.4, -0.2) is 62.7 Å². The monoisotopic (exact) mass is 432 g/mol. The molecule has 2 aromatic carbocycles. The molecule has 1 aliphatic rings. The number of benzene rings is 2. The van der Waals surface area contributed by atoms with Crippen molar-refractivity contribution in [2.45, 2.75) is 6.92 Å². The van der Waals surface area contributed by atoms with Crippen LogP contribution in [0, 0.1) is 11.6 Å². The van der Waals surface area contributed by atoms with Gasteiger partial charge < -0.3 is 20.3 Å². The molecule has 9 heteroatoms. The van der Waals surface area contributed by atoms with Gasteiger partial charge in [0.25, 0.3) is 0 Å². The number of nitrogens with zero attached hydrogens (tertiary/aromatic N) is 2. The molecule has 7 nitrogen and oxygen atoms in total. The molecular formula is C22H26F2N4O3. The van der Waals surface area contributed by atoms with Gasteiger partial charge in [-0.25, -0.2) is 8.78 Å². The lowest BCUT2D eigenvalue weighted by atomic mass is 10.2. The lowest BCUT2D eigenvalue weighted by Gasteiger charge is -2.29. The zero-order chi connectivity index (χ0) is 22.2. The van der Waals surface area contributed by atoms with Crippen LogP contribution < -0.4 is 15.5 Å². The maximum absolute atomic E-state index is 13.3. The second kappa shape index (κ2) is 10.8. The molecule has 3 rings (SSSR count). The molecule has 1 saturated heterocycles. The van der Waals surface area contributed by atoms with Crippen molar-refractivity contribution in [3.05, 3.63) is 54.1 Å². The highest BCUT2D eigenvalue weighted by molar-refractivity contribution is 5.94. The Balaban J connectivity index is 1.48. The molecule has 0 atom stereocenters. The minimum Gasteiger partial charge on any atom is -0.378 e. The van der Waals surface area contributed by atoms with Crippen LogP contribution in [0.5, 0.6) is 0 Å². The first-order valence-electron chi connectivity index (χ1n) is 10.1. The van der Waals surface area contributed by atoms with Gasteiger partial charge in [-0.05, 0) is 42.9 Å². The van der Waals surface area contributed by atoms with Gasteiger partial charge in [-0.1, -0.05) is 6.92 Å². The summed E-state index contributed by atoms with van der Waals surface area (Å²) < 4.78 is 31.6. The minimum atomic E-state index is -1.04. The Labute approximate surface area is 180 Å². The van der Waals surface area contributed by atoms with E-state index < -0.39 is 17.5 Å². The fourth-order valence-corrected chi connectivity index (χ4v) is 3.24. The number of ether oxygens (including phenoxy) is 1. The Hall–Kier alpha value is -3.04. The van der Waals surface area contributed by atoms with Crippen molar-refractivity contribution >= 4 is 28.9 Å². The van der Waals surface area contributed by atoms with Gasteiger partial charge in [-0.15, -0.1) is 0 Å². The van der Waals surface area contributed by atoms with E-state index in [1.807, 2.05) is 31.2 Å². The van der Waals surface area contributed by atoms with E-state index in [1.165, 1.54) is 6.07 Å². The zero-order valence-electron chi connectivity index (χ0n) is 17.4. The van der Waals surface area contributed by atoms with Crippen LogP contribution in [0.25, 0.3) is 0 Å². The first-order chi connectivity index (χ1) is 14.9. The van der Waals surface area contributed by atoms with Crippen molar-refractivity contribution in [1.82, 2.24) is 4.90 Å². The fourth-order valence-electron chi connectivity index (χ4n) is 3.24. The third-order valence-corrected chi connectivity index (χ3v) is 4.91. The second-order valence-corrected chi connectivity index (χ2v) is 7.17. The van der Waals surface area contributed by atoms with Crippen molar-refractivity contribution in [2.75, 3.05) is 61.5 Å². The summed E-state index contributed by atoms with van der Waals surface area (Å²) in [6, 6.07) is 10.7. The average Bonchev–Trinajstić information content (AvgIpc) is 2.77. The van der Waals surface area contributed by atoms with Crippen molar-refractivity contribution in [3.63, 3.8) is 0 Å². The molecule has 2 amide bonds. The Morgan fingerprint density at radius 1 is 0.935 bits per heavy atom. The summed E-state index contributed by atoms with van der Waals surface area (Å²) in [7, 11) is 0. The van der Waals surface area contributed by atoms with E-state index in [9.17, 15) is 18.4 Å². The highest BCUT2D eigenvalue weighted by Gasteiger charge is 2.15. The molecule has 0 aromatic heterocycles. The third-order valence-electron chi connectivity index (χ3n) is 4.91. The molecule has 31 heavy (non-hydrogen) atoms. The molecule has 0 saturated carbocycles. The van der Waals surface area contributed by atoms with Crippen molar-refractivity contribution in [2.24, 2.45) is 0 Å². The summed E-state index contributed by atoms with van der Waals surface area (Å²) in [5.41, 5.74) is 1.90. The van der Waals surface area contributed by atoms with Gasteiger partial charge in [0.05, 0.1) is 26.3 Å². The number of rotatable bonds is 8. The first-order valence-corrected chi connectivity index (χ1v) is 10.1. The number of hydrogen-bond acceptors (Lipinski definition) is 5. The van der Waals surface area contributed by atoms with E-state index >= 15 is 0 Å². The molecule has 166 valence electrons. The third kappa shape index (κ3) is 6.73. The number of nitrogens with one attached hydrogen (secondary N) is 2. The maximum atomic E-state index is 13.3. The van der Waals surface area contributed by atoms with E-state index in [1.54, 1.807) is 4.90 Å². The second-order valence-electron chi connectivity index (χ2n) is 7.17. The summed E-state index contributed by atoms with van der Waals surface area (Å²) in [5.74, 6) is -2.69. The highest BCUT2D eigenvalue weighted by atomic mass is 19.2. The van der Waals surface area contributed by atoms with Gasteiger partial charge in [-0.3, -0.25) is 14.5 Å². The molecule has 0 radical (unpaired) electrons. The lowest BCUT2D eigenvalue weighted by Crippen LogP contribution is -2.38. The predicted octanol–water partition coefficient (Wildman–Crippen LogP) is 2.70. The van der Waals surface area contributed by atoms with Crippen molar-refractivity contribution in [1.29, 1.82) is 0 Å². The smallest absolute Gasteiger partial charge is 0.238 e. The van der Waals surface area contributed by atoms with Crippen LogP contribution in [-0.2, 0) is 14.3 Å². The average molecular weight is 432 g/mol. The van der Waals surface area contributed by atoms with Gasteiger partial charge in [0.1, 0.15) is 0 Å². The largest absolute Gasteiger partial charge is 0.378 e. The van der Waals surface area contributed by atoms with Gasteiger partial charge in [0, 0.05) is 36.2 Å². The number of anilines is 3. The topological polar surface area (TPSA) is 73.9 Å².